The Hall–Kier alpha value is -0.340. The van der Waals surface area contributed by atoms with Crippen LogP contribution in [0.3, 0.4) is 0 Å². The minimum Gasteiger partial charge on any atom is -0.179 e. The van der Waals surface area contributed by atoms with Gasteiger partial charge >= 0.3 is 0 Å². The summed E-state index contributed by atoms with van der Waals surface area (Å²) in [6.45, 7) is 0.569. The number of azide groups is 1. The van der Waals surface area contributed by atoms with Crippen molar-refractivity contribution in [3.05, 3.63) is 10.4 Å². The molecule has 0 aliphatic rings. The Bertz CT molecular complexity index is 76.2. The standard InChI is InChI=1S/C3H7N3S/c4-6-5-2-1-3-7/h7H,1-3H2. The summed E-state index contributed by atoms with van der Waals surface area (Å²) in [7, 11) is 0. The fourth-order valence-electron chi connectivity index (χ4n) is 0.186. The summed E-state index contributed by atoms with van der Waals surface area (Å²) in [5.41, 5.74) is 7.73. The van der Waals surface area contributed by atoms with E-state index in [0.29, 0.717) is 6.54 Å². The van der Waals surface area contributed by atoms with Gasteiger partial charge in [0.15, 0.2) is 0 Å². The molecule has 40 valence electrons. The van der Waals surface area contributed by atoms with Crippen molar-refractivity contribution in [1.29, 1.82) is 0 Å². The molecule has 3 nitrogen and oxygen atoms in total. The molecule has 0 aliphatic heterocycles. The molecule has 0 fully saturated rings. The average Bonchev–Trinajstić information content (AvgIpc) is 1.69. The smallest absolute Gasteiger partial charge is 0.0265 e. The molecular weight excluding hydrogens is 110 g/mol. The number of rotatable bonds is 3. The van der Waals surface area contributed by atoms with Crippen LogP contribution in [0.4, 0.5) is 0 Å². The molecular formula is C3H7N3S. The Kier molecular flexibility index (Phi) is 5.39. The van der Waals surface area contributed by atoms with Gasteiger partial charge in [-0.05, 0) is 17.7 Å². The lowest BCUT2D eigenvalue weighted by Gasteiger charge is -1.80. The van der Waals surface area contributed by atoms with E-state index < -0.39 is 0 Å². The fraction of sp³-hybridized carbons (Fsp3) is 1.00. The van der Waals surface area contributed by atoms with E-state index in [1.54, 1.807) is 0 Å². The van der Waals surface area contributed by atoms with Gasteiger partial charge < -0.3 is 0 Å². The molecule has 0 radical (unpaired) electrons. The molecule has 0 aromatic heterocycles. The monoisotopic (exact) mass is 117 g/mol. The first-order chi connectivity index (χ1) is 3.41. The maximum atomic E-state index is 7.73. The van der Waals surface area contributed by atoms with Crippen LogP contribution in [0.1, 0.15) is 6.42 Å². The van der Waals surface area contributed by atoms with Gasteiger partial charge in [-0.25, -0.2) is 0 Å². The minimum absolute atomic E-state index is 0.569. The van der Waals surface area contributed by atoms with Gasteiger partial charge in [-0.15, -0.1) is 0 Å². The van der Waals surface area contributed by atoms with Crippen molar-refractivity contribution in [2.24, 2.45) is 5.11 Å². The van der Waals surface area contributed by atoms with Gasteiger partial charge in [0.2, 0.25) is 0 Å². The van der Waals surface area contributed by atoms with Gasteiger partial charge in [0.25, 0.3) is 0 Å². The quantitative estimate of drug-likeness (QED) is 0.192. The average molecular weight is 117 g/mol. The van der Waals surface area contributed by atoms with E-state index >= 15 is 0 Å². The highest BCUT2D eigenvalue weighted by Crippen LogP contribution is 1.83. The predicted molar refractivity (Wildman–Crippen MR) is 32.5 cm³/mol. The predicted octanol–water partition coefficient (Wildman–Crippen LogP) is 1.62. The van der Waals surface area contributed by atoms with Crippen molar-refractivity contribution in [1.82, 2.24) is 0 Å². The third-order valence-electron chi connectivity index (χ3n) is 0.479. The first-order valence-electron chi connectivity index (χ1n) is 2.03. The number of hydrogen-bond donors (Lipinski definition) is 1. The van der Waals surface area contributed by atoms with Crippen molar-refractivity contribution in [2.45, 2.75) is 6.42 Å². The number of hydrogen-bond acceptors (Lipinski definition) is 2. The molecule has 0 saturated carbocycles. The second-order valence-corrected chi connectivity index (χ2v) is 1.48. The van der Waals surface area contributed by atoms with E-state index in [0.717, 1.165) is 12.2 Å². The summed E-state index contributed by atoms with van der Waals surface area (Å²) in [5, 5.41) is 3.29. The summed E-state index contributed by atoms with van der Waals surface area (Å²) in [4.78, 5) is 2.56. The van der Waals surface area contributed by atoms with E-state index in [1.807, 2.05) is 0 Å². The van der Waals surface area contributed by atoms with E-state index in [1.165, 1.54) is 0 Å². The van der Waals surface area contributed by atoms with Crippen LogP contribution < -0.4 is 0 Å². The lowest BCUT2D eigenvalue weighted by molar-refractivity contribution is 0.935. The third kappa shape index (κ3) is 5.66. The van der Waals surface area contributed by atoms with Gasteiger partial charge in [-0.2, -0.15) is 12.6 Å². The molecule has 0 amide bonds. The van der Waals surface area contributed by atoms with Gasteiger partial charge in [0.05, 0.1) is 0 Å². The van der Waals surface area contributed by atoms with Crippen molar-refractivity contribution < 1.29 is 0 Å². The zero-order chi connectivity index (χ0) is 5.54. The molecule has 0 aromatic rings. The van der Waals surface area contributed by atoms with Crippen LogP contribution in [-0.4, -0.2) is 12.3 Å². The topological polar surface area (TPSA) is 48.8 Å². The Balaban J connectivity index is 2.83. The first-order valence-corrected chi connectivity index (χ1v) is 2.66. The van der Waals surface area contributed by atoms with Crippen LogP contribution in [0.2, 0.25) is 0 Å². The molecule has 0 heterocycles. The molecule has 0 aromatic carbocycles. The van der Waals surface area contributed by atoms with Crippen LogP contribution in [0.15, 0.2) is 5.11 Å². The highest BCUT2D eigenvalue weighted by molar-refractivity contribution is 7.80. The zero-order valence-electron chi connectivity index (χ0n) is 3.91. The van der Waals surface area contributed by atoms with E-state index in [9.17, 15) is 0 Å². The maximum Gasteiger partial charge on any atom is 0.0265 e. The van der Waals surface area contributed by atoms with Crippen LogP contribution in [0.25, 0.3) is 10.4 Å². The zero-order valence-corrected chi connectivity index (χ0v) is 4.80. The van der Waals surface area contributed by atoms with Crippen molar-refractivity contribution in [2.75, 3.05) is 12.3 Å². The van der Waals surface area contributed by atoms with E-state index in [4.69, 9.17) is 5.53 Å². The molecule has 4 heteroatoms. The molecule has 7 heavy (non-hydrogen) atoms. The van der Waals surface area contributed by atoms with Crippen molar-refractivity contribution in [3.8, 4) is 0 Å². The second kappa shape index (κ2) is 5.66. The summed E-state index contributed by atoms with van der Waals surface area (Å²) >= 11 is 3.91. The largest absolute Gasteiger partial charge is 0.179 e. The molecule has 0 rings (SSSR count). The molecule has 0 spiro atoms. The molecule has 0 saturated heterocycles. The van der Waals surface area contributed by atoms with Crippen LogP contribution in [0.5, 0.6) is 0 Å². The summed E-state index contributed by atoms with van der Waals surface area (Å²) in [5.74, 6) is 0.791. The van der Waals surface area contributed by atoms with E-state index in [-0.39, 0.29) is 0 Å². The summed E-state index contributed by atoms with van der Waals surface area (Å²) in [6.07, 6.45) is 0.868. The van der Waals surface area contributed by atoms with Gasteiger partial charge in [-0.3, -0.25) is 0 Å². The second-order valence-electron chi connectivity index (χ2n) is 1.03. The first kappa shape index (κ1) is 6.66. The van der Waals surface area contributed by atoms with Crippen LogP contribution in [-0.2, 0) is 0 Å². The van der Waals surface area contributed by atoms with Crippen LogP contribution >= 0.6 is 12.6 Å². The van der Waals surface area contributed by atoms with Crippen molar-refractivity contribution >= 4 is 12.6 Å². The normalized spacial score (nSPS) is 7.57. The Labute approximate surface area is 47.8 Å². The molecule has 0 aliphatic carbocycles. The number of nitrogens with zero attached hydrogens (tertiary/aromatic N) is 3. The van der Waals surface area contributed by atoms with Gasteiger partial charge in [-0.1, -0.05) is 5.11 Å². The minimum atomic E-state index is 0.569. The Morgan fingerprint density at radius 2 is 2.43 bits per heavy atom. The number of thiol groups is 1. The third-order valence-corrected chi connectivity index (χ3v) is 0.796. The summed E-state index contributed by atoms with van der Waals surface area (Å²) in [6, 6.07) is 0. The summed E-state index contributed by atoms with van der Waals surface area (Å²) < 4.78 is 0. The lowest BCUT2D eigenvalue weighted by Crippen LogP contribution is -1.76. The Morgan fingerprint density at radius 3 is 2.86 bits per heavy atom. The lowest BCUT2D eigenvalue weighted by atomic mass is 10.5. The highest BCUT2D eigenvalue weighted by atomic mass is 32.1. The van der Waals surface area contributed by atoms with Gasteiger partial charge in [0, 0.05) is 11.5 Å². The molecule has 0 atom stereocenters. The SMILES string of the molecule is [N-]=[N+]=NCCCS. The molecule has 0 bridgehead atoms. The maximum absolute atomic E-state index is 7.73. The van der Waals surface area contributed by atoms with E-state index in [2.05, 4.69) is 22.7 Å². The van der Waals surface area contributed by atoms with Crippen LogP contribution in [0, 0.1) is 0 Å². The van der Waals surface area contributed by atoms with Gasteiger partial charge in [0.1, 0.15) is 0 Å². The Morgan fingerprint density at radius 1 is 1.71 bits per heavy atom. The highest BCUT2D eigenvalue weighted by Gasteiger charge is 1.74. The van der Waals surface area contributed by atoms with Crippen molar-refractivity contribution in [3.63, 3.8) is 0 Å². The molecule has 0 unspecified atom stereocenters. The molecule has 0 N–H and O–H groups in total. The fourth-order valence-corrected chi connectivity index (χ4v) is 0.328.